The smallest absolute Gasteiger partial charge is 0.265 e. The summed E-state index contributed by atoms with van der Waals surface area (Å²) in [4.78, 5) is 31.1. The molecule has 0 saturated carbocycles. The van der Waals surface area contributed by atoms with Crippen molar-refractivity contribution in [2.75, 3.05) is 11.6 Å². The lowest BCUT2D eigenvalue weighted by Gasteiger charge is -2.22. The zero-order chi connectivity index (χ0) is 15.4. The second-order valence-corrected chi connectivity index (χ2v) is 6.79. The Hall–Kier alpha value is -1.86. The van der Waals surface area contributed by atoms with Gasteiger partial charge in [-0.3, -0.25) is 14.6 Å². The van der Waals surface area contributed by atoms with Gasteiger partial charge in [0, 0.05) is 24.7 Å². The maximum atomic E-state index is 12.4. The largest absolute Gasteiger partial charge is 0.350 e. The van der Waals surface area contributed by atoms with E-state index in [1.54, 1.807) is 35.1 Å². The third kappa shape index (κ3) is 3.31. The molecule has 0 aliphatic carbocycles. The van der Waals surface area contributed by atoms with E-state index in [0.29, 0.717) is 23.1 Å². The summed E-state index contributed by atoms with van der Waals surface area (Å²) in [7, 11) is 0. The van der Waals surface area contributed by atoms with Gasteiger partial charge >= 0.3 is 0 Å². The van der Waals surface area contributed by atoms with Gasteiger partial charge in [-0.15, -0.1) is 23.1 Å². The number of nitrogens with zero attached hydrogens (tertiary/aromatic N) is 2. The molecule has 114 valence electrons. The highest BCUT2D eigenvalue weighted by Gasteiger charge is 2.35. The first-order valence-corrected chi connectivity index (χ1v) is 8.88. The van der Waals surface area contributed by atoms with Crippen LogP contribution in [0.25, 0.3) is 0 Å². The number of carbonyl (C=O) groups excluding carboxylic acids is 2. The molecule has 1 atom stereocenters. The molecule has 22 heavy (non-hydrogen) atoms. The van der Waals surface area contributed by atoms with Crippen molar-refractivity contribution in [3.63, 3.8) is 0 Å². The lowest BCUT2D eigenvalue weighted by atomic mass is 10.2. The van der Waals surface area contributed by atoms with Crippen molar-refractivity contribution < 1.29 is 9.59 Å². The molecule has 0 radical (unpaired) electrons. The number of carbonyl (C=O) groups is 2. The van der Waals surface area contributed by atoms with Gasteiger partial charge in [-0.2, -0.15) is 0 Å². The van der Waals surface area contributed by atoms with Crippen molar-refractivity contribution in [3.05, 3.63) is 52.5 Å². The van der Waals surface area contributed by atoms with Crippen LogP contribution in [0, 0.1) is 0 Å². The van der Waals surface area contributed by atoms with Gasteiger partial charge in [0.2, 0.25) is 5.91 Å². The minimum Gasteiger partial charge on any atom is -0.350 e. The number of pyridine rings is 1. The zero-order valence-corrected chi connectivity index (χ0v) is 13.4. The van der Waals surface area contributed by atoms with E-state index in [0.717, 1.165) is 5.56 Å². The second-order valence-electron chi connectivity index (χ2n) is 4.84. The average molecular weight is 333 g/mol. The maximum absolute atomic E-state index is 12.4. The Morgan fingerprint density at radius 2 is 2.14 bits per heavy atom. The van der Waals surface area contributed by atoms with E-state index >= 15 is 0 Å². The van der Waals surface area contributed by atoms with Gasteiger partial charge in [0.1, 0.15) is 6.04 Å². The van der Waals surface area contributed by atoms with Crippen LogP contribution in [0.5, 0.6) is 0 Å². The van der Waals surface area contributed by atoms with Gasteiger partial charge in [0.25, 0.3) is 5.91 Å². The lowest BCUT2D eigenvalue weighted by Crippen LogP contribution is -2.46. The third-order valence-electron chi connectivity index (χ3n) is 3.39. The van der Waals surface area contributed by atoms with Crippen LogP contribution in [-0.2, 0) is 11.3 Å². The van der Waals surface area contributed by atoms with Crippen molar-refractivity contribution in [1.82, 2.24) is 15.2 Å². The summed E-state index contributed by atoms with van der Waals surface area (Å²) in [5.41, 5.74) is 0.991. The summed E-state index contributed by atoms with van der Waals surface area (Å²) in [5.74, 6) is 1.03. The fraction of sp³-hybridized carbons (Fsp3) is 0.267. The van der Waals surface area contributed by atoms with Crippen LogP contribution in [0.3, 0.4) is 0 Å². The summed E-state index contributed by atoms with van der Waals surface area (Å²) in [6, 6.07) is 6.96. The first-order chi connectivity index (χ1) is 10.8. The van der Waals surface area contributed by atoms with E-state index in [9.17, 15) is 9.59 Å². The number of nitrogens with one attached hydrogen (secondary N) is 1. The van der Waals surface area contributed by atoms with E-state index in [2.05, 4.69) is 10.3 Å². The molecule has 2 aromatic heterocycles. The molecular weight excluding hydrogens is 318 g/mol. The highest BCUT2D eigenvalue weighted by Crippen LogP contribution is 2.24. The van der Waals surface area contributed by atoms with E-state index in [1.807, 2.05) is 23.6 Å². The molecule has 0 bridgehead atoms. The molecular formula is C15H15N3O2S2. The Kier molecular flexibility index (Phi) is 4.74. The first kappa shape index (κ1) is 15.1. The van der Waals surface area contributed by atoms with Crippen molar-refractivity contribution in [3.8, 4) is 0 Å². The minimum atomic E-state index is -0.401. The Bertz CT molecular complexity index is 646. The van der Waals surface area contributed by atoms with Crippen LogP contribution < -0.4 is 5.32 Å². The van der Waals surface area contributed by atoms with Crippen LogP contribution in [0.1, 0.15) is 15.2 Å². The Morgan fingerprint density at radius 1 is 1.32 bits per heavy atom. The van der Waals surface area contributed by atoms with Crippen molar-refractivity contribution in [2.24, 2.45) is 0 Å². The van der Waals surface area contributed by atoms with Crippen LogP contribution >= 0.6 is 23.1 Å². The average Bonchev–Trinajstić information content (AvgIpc) is 3.24. The number of aromatic nitrogens is 1. The molecule has 2 aromatic rings. The standard InChI is InChI=1S/C15H15N3O2S2/c19-14(17-8-11-3-5-16-6-4-11)12-9-21-10-18(12)15(20)13-2-1-7-22-13/h1-7,12H,8-10H2,(H,17,19). The highest BCUT2D eigenvalue weighted by molar-refractivity contribution is 7.99. The Morgan fingerprint density at radius 3 is 2.86 bits per heavy atom. The molecule has 1 unspecified atom stereocenters. The minimum absolute atomic E-state index is 0.0657. The number of amides is 2. The predicted octanol–water partition coefficient (Wildman–Crippen LogP) is 1.97. The van der Waals surface area contributed by atoms with Gasteiger partial charge < -0.3 is 10.2 Å². The molecule has 1 aliphatic rings. The zero-order valence-electron chi connectivity index (χ0n) is 11.8. The number of rotatable bonds is 4. The SMILES string of the molecule is O=C(NCc1ccncc1)C1CSCN1C(=O)c1cccs1. The molecule has 7 heteroatoms. The third-order valence-corrected chi connectivity index (χ3v) is 5.26. The highest BCUT2D eigenvalue weighted by atomic mass is 32.2. The van der Waals surface area contributed by atoms with Crippen molar-refractivity contribution >= 4 is 34.9 Å². The van der Waals surface area contributed by atoms with E-state index < -0.39 is 6.04 Å². The van der Waals surface area contributed by atoms with Crippen LogP contribution in [-0.4, -0.2) is 39.4 Å². The normalized spacial score (nSPS) is 17.5. The van der Waals surface area contributed by atoms with E-state index in [-0.39, 0.29) is 11.8 Å². The summed E-state index contributed by atoms with van der Waals surface area (Å²) in [5, 5.41) is 4.77. The fourth-order valence-corrected chi connectivity index (χ4v) is 4.04. The molecule has 1 aliphatic heterocycles. The van der Waals surface area contributed by atoms with Crippen LogP contribution in [0.15, 0.2) is 42.0 Å². The lowest BCUT2D eigenvalue weighted by molar-refractivity contribution is -0.124. The van der Waals surface area contributed by atoms with Gasteiger partial charge in [-0.25, -0.2) is 0 Å². The van der Waals surface area contributed by atoms with Crippen LogP contribution in [0.2, 0.25) is 0 Å². The number of thioether (sulfide) groups is 1. The molecule has 0 spiro atoms. The number of thiophene rings is 1. The fourth-order valence-electron chi connectivity index (χ4n) is 2.21. The topological polar surface area (TPSA) is 62.3 Å². The number of hydrogen-bond acceptors (Lipinski definition) is 5. The van der Waals surface area contributed by atoms with Gasteiger partial charge in [0.05, 0.1) is 10.8 Å². The predicted molar refractivity (Wildman–Crippen MR) is 87.7 cm³/mol. The molecule has 3 heterocycles. The summed E-state index contributed by atoms with van der Waals surface area (Å²) in [6.07, 6.45) is 3.39. The summed E-state index contributed by atoms with van der Waals surface area (Å²) >= 11 is 3.01. The number of hydrogen-bond donors (Lipinski definition) is 1. The molecule has 1 N–H and O–H groups in total. The van der Waals surface area contributed by atoms with Gasteiger partial charge in [-0.05, 0) is 29.1 Å². The summed E-state index contributed by atoms with van der Waals surface area (Å²) < 4.78 is 0. The molecule has 5 nitrogen and oxygen atoms in total. The van der Waals surface area contributed by atoms with Gasteiger partial charge in [-0.1, -0.05) is 6.07 Å². The molecule has 1 fully saturated rings. The van der Waals surface area contributed by atoms with E-state index in [4.69, 9.17) is 0 Å². The van der Waals surface area contributed by atoms with E-state index in [1.165, 1.54) is 11.3 Å². The first-order valence-electron chi connectivity index (χ1n) is 6.84. The van der Waals surface area contributed by atoms with Crippen molar-refractivity contribution in [1.29, 1.82) is 0 Å². The molecule has 1 saturated heterocycles. The monoisotopic (exact) mass is 333 g/mol. The van der Waals surface area contributed by atoms with Crippen LogP contribution in [0.4, 0.5) is 0 Å². The second kappa shape index (κ2) is 6.93. The molecule has 2 amide bonds. The van der Waals surface area contributed by atoms with Crippen molar-refractivity contribution in [2.45, 2.75) is 12.6 Å². The Labute approximate surface area is 136 Å². The van der Waals surface area contributed by atoms with Gasteiger partial charge in [0.15, 0.2) is 0 Å². The molecule has 3 rings (SSSR count). The maximum Gasteiger partial charge on any atom is 0.265 e. The summed E-state index contributed by atoms with van der Waals surface area (Å²) in [6.45, 7) is 0.448. The quantitative estimate of drug-likeness (QED) is 0.929. The molecule has 0 aromatic carbocycles. The Balaban J connectivity index is 1.62.